The number of ether oxygens (including phenoxy) is 3. The molecule has 1 saturated heterocycles. The maximum absolute atomic E-state index is 12.7. The molecule has 7 heteroatoms. The van der Waals surface area contributed by atoms with E-state index in [4.69, 9.17) is 14.2 Å². The van der Waals surface area contributed by atoms with Gasteiger partial charge < -0.3 is 24.4 Å². The molecule has 2 aromatic rings. The van der Waals surface area contributed by atoms with E-state index in [2.05, 4.69) is 5.32 Å². The molecule has 2 amide bonds. The number of carbonyl (C=O) groups is 2. The number of nitrogens with zero attached hydrogens (tertiary/aromatic N) is 1. The van der Waals surface area contributed by atoms with Crippen LogP contribution in [0.4, 0.5) is 5.69 Å². The Morgan fingerprint density at radius 3 is 2.37 bits per heavy atom. The molecule has 0 saturated carbocycles. The highest BCUT2D eigenvalue weighted by Crippen LogP contribution is 2.29. The second-order valence-corrected chi connectivity index (χ2v) is 7.21. The van der Waals surface area contributed by atoms with Crippen LogP contribution in [0.1, 0.15) is 28.4 Å². The van der Waals surface area contributed by atoms with E-state index in [0.717, 1.165) is 16.8 Å². The lowest BCUT2D eigenvalue weighted by Crippen LogP contribution is -2.43. The first kappa shape index (κ1) is 21.6. The third-order valence-corrected chi connectivity index (χ3v) is 4.70. The van der Waals surface area contributed by atoms with Gasteiger partial charge in [0.15, 0.2) is 18.1 Å². The zero-order valence-electron chi connectivity index (χ0n) is 17.7. The van der Waals surface area contributed by atoms with Crippen LogP contribution in [0.2, 0.25) is 0 Å². The molecule has 2 aromatic carbocycles. The molecule has 0 radical (unpaired) electrons. The molecule has 0 aromatic heterocycles. The van der Waals surface area contributed by atoms with Crippen LogP contribution in [0.25, 0.3) is 0 Å². The number of amides is 2. The summed E-state index contributed by atoms with van der Waals surface area (Å²) in [5.41, 5.74) is 3.35. The van der Waals surface area contributed by atoms with E-state index in [9.17, 15) is 9.59 Å². The lowest BCUT2D eigenvalue weighted by molar-refractivity contribution is -0.137. The van der Waals surface area contributed by atoms with Gasteiger partial charge in [-0.05, 0) is 62.2 Å². The van der Waals surface area contributed by atoms with Crippen molar-refractivity contribution in [3.05, 3.63) is 53.1 Å². The number of rotatable bonds is 7. The van der Waals surface area contributed by atoms with Crippen molar-refractivity contribution in [1.82, 2.24) is 4.90 Å². The summed E-state index contributed by atoms with van der Waals surface area (Å²) in [4.78, 5) is 26.7. The molecule has 0 atom stereocenters. The fraction of sp³-hybridized carbons (Fsp3) is 0.391. The molecule has 7 nitrogen and oxygen atoms in total. The standard InChI is InChI=1S/C23H28N2O5/c1-4-29-21-14-18(23(27)24-19-12-16(2)11-17(3)13-19)5-6-20(21)30-15-22(26)25-7-9-28-10-8-25/h5-6,11-14H,4,7-10,15H2,1-3H3,(H,24,27). The first-order chi connectivity index (χ1) is 14.5. The van der Waals surface area contributed by atoms with Crippen LogP contribution in [-0.4, -0.2) is 56.2 Å². The quantitative estimate of drug-likeness (QED) is 0.756. The highest BCUT2D eigenvalue weighted by Gasteiger charge is 2.19. The summed E-state index contributed by atoms with van der Waals surface area (Å²) in [7, 11) is 0. The second kappa shape index (κ2) is 10.1. The van der Waals surface area contributed by atoms with Gasteiger partial charge >= 0.3 is 0 Å². The van der Waals surface area contributed by atoms with Gasteiger partial charge in [0.05, 0.1) is 19.8 Å². The Kier molecular flexibility index (Phi) is 7.30. The van der Waals surface area contributed by atoms with Crippen molar-refractivity contribution in [2.24, 2.45) is 0 Å². The molecule has 0 aliphatic carbocycles. The minimum absolute atomic E-state index is 0.0891. The van der Waals surface area contributed by atoms with Crippen LogP contribution in [0.3, 0.4) is 0 Å². The van der Waals surface area contributed by atoms with Gasteiger partial charge in [-0.15, -0.1) is 0 Å². The second-order valence-electron chi connectivity index (χ2n) is 7.21. The molecule has 1 aliphatic rings. The van der Waals surface area contributed by atoms with E-state index in [-0.39, 0.29) is 18.4 Å². The Balaban J connectivity index is 1.69. The average molecular weight is 412 g/mol. The average Bonchev–Trinajstić information content (AvgIpc) is 2.72. The normalized spacial score (nSPS) is 13.6. The van der Waals surface area contributed by atoms with Crippen LogP contribution < -0.4 is 14.8 Å². The maximum Gasteiger partial charge on any atom is 0.260 e. The number of carbonyl (C=O) groups excluding carboxylic acids is 2. The highest BCUT2D eigenvalue weighted by molar-refractivity contribution is 6.04. The fourth-order valence-electron chi connectivity index (χ4n) is 3.33. The number of benzene rings is 2. The van der Waals surface area contributed by atoms with Gasteiger partial charge in [0.2, 0.25) is 0 Å². The lowest BCUT2D eigenvalue weighted by Gasteiger charge is -2.26. The lowest BCUT2D eigenvalue weighted by atomic mass is 10.1. The largest absolute Gasteiger partial charge is 0.490 e. The van der Waals surface area contributed by atoms with Gasteiger partial charge in [-0.3, -0.25) is 9.59 Å². The smallest absolute Gasteiger partial charge is 0.260 e. The van der Waals surface area contributed by atoms with Crippen LogP contribution in [0, 0.1) is 13.8 Å². The van der Waals surface area contributed by atoms with Gasteiger partial charge in [-0.25, -0.2) is 0 Å². The van der Waals surface area contributed by atoms with Crippen molar-refractivity contribution >= 4 is 17.5 Å². The van der Waals surface area contributed by atoms with Crippen LogP contribution >= 0.6 is 0 Å². The molecule has 3 rings (SSSR count). The zero-order valence-corrected chi connectivity index (χ0v) is 17.7. The Bertz CT molecular complexity index is 886. The van der Waals surface area contributed by atoms with Gasteiger partial charge in [0, 0.05) is 24.3 Å². The van der Waals surface area contributed by atoms with E-state index < -0.39 is 0 Å². The molecule has 0 unspecified atom stereocenters. The van der Waals surface area contributed by atoms with E-state index in [1.54, 1.807) is 23.1 Å². The van der Waals surface area contributed by atoms with Gasteiger partial charge in [0.1, 0.15) is 0 Å². The predicted molar refractivity (Wildman–Crippen MR) is 114 cm³/mol. The first-order valence-electron chi connectivity index (χ1n) is 10.1. The number of hydrogen-bond acceptors (Lipinski definition) is 5. The predicted octanol–water partition coefficient (Wildman–Crippen LogP) is 3.19. The minimum Gasteiger partial charge on any atom is -0.490 e. The summed E-state index contributed by atoms with van der Waals surface area (Å²) in [6.45, 7) is 8.37. The molecule has 1 N–H and O–H groups in total. The summed E-state index contributed by atoms with van der Waals surface area (Å²) in [5, 5.41) is 2.91. The van der Waals surface area contributed by atoms with Crippen molar-refractivity contribution in [2.75, 3.05) is 44.8 Å². The van der Waals surface area contributed by atoms with E-state index in [1.165, 1.54) is 0 Å². The summed E-state index contributed by atoms with van der Waals surface area (Å²) >= 11 is 0. The molecule has 1 fully saturated rings. The molecule has 1 heterocycles. The molecule has 160 valence electrons. The van der Waals surface area contributed by atoms with Gasteiger partial charge in [-0.2, -0.15) is 0 Å². The molecular weight excluding hydrogens is 384 g/mol. The third kappa shape index (κ3) is 5.73. The number of morpholine rings is 1. The molecular formula is C23H28N2O5. The zero-order chi connectivity index (χ0) is 21.5. The van der Waals surface area contributed by atoms with E-state index in [1.807, 2.05) is 39.0 Å². The minimum atomic E-state index is -0.239. The third-order valence-electron chi connectivity index (χ3n) is 4.70. The maximum atomic E-state index is 12.7. The Labute approximate surface area is 176 Å². The Morgan fingerprint density at radius 1 is 1.00 bits per heavy atom. The van der Waals surface area contributed by atoms with Crippen LogP contribution in [0.15, 0.2) is 36.4 Å². The van der Waals surface area contributed by atoms with Crippen molar-refractivity contribution < 1.29 is 23.8 Å². The highest BCUT2D eigenvalue weighted by atomic mass is 16.5. The Morgan fingerprint density at radius 2 is 1.70 bits per heavy atom. The summed E-state index contributed by atoms with van der Waals surface area (Å²) in [5.74, 6) is 0.524. The van der Waals surface area contributed by atoms with Crippen molar-refractivity contribution in [3.63, 3.8) is 0 Å². The SMILES string of the molecule is CCOc1cc(C(=O)Nc2cc(C)cc(C)c2)ccc1OCC(=O)N1CCOCC1. The monoisotopic (exact) mass is 412 g/mol. The summed E-state index contributed by atoms with van der Waals surface area (Å²) in [6, 6.07) is 10.8. The number of hydrogen-bond donors (Lipinski definition) is 1. The topological polar surface area (TPSA) is 77.1 Å². The molecule has 0 spiro atoms. The first-order valence-corrected chi connectivity index (χ1v) is 10.1. The van der Waals surface area contributed by atoms with Crippen LogP contribution in [0.5, 0.6) is 11.5 Å². The fourth-order valence-corrected chi connectivity index (χ4v) is 3.33. The van der Waals surface area contributed by atoms with Crippen molar-refractivity contribution in [2.45, 2.75) is 20.8 Å². The number of anilines is 1. The van der Waals surface area contributed by atoms with E-state index >= 15 is 0 Å². The molecule has 0 bridgehead atoms. The number of aryl methyl sites for hydroxylation is 2. The number of nitrogens with one attached hydrogen (secondary N) is 1. The van der Waals surface area contributed by atoms with Gasteiger partial charge in [0.25, 0.3) is 11.8 Å². The van der Waals surface area contributed by atoms with Crippen molar-refractivity contribution in [1.29, 1.82) is 0 Å². The summed E-state index contributed by atoms with van der Waals surface area (Å²) in [6.07, 6.45) is 0. The summed E-state index contributed by atoms with van der Waals surface area (Å²) < 4.78 is 16.6. The van der Waals surface area contributed by atoms with Gasteiger partial charge in [-0.1, -0.05) is 6.07 Å². The molecule has 30 heavy (non-hydrogen) atoms. The van der Waals surface area contributed by atoms with Crippen LogP contribution in [-0.2, 0) is 9.53 Å². The Hall–Kier alpha value is -3.06. The van der Waals surface area contributed by atoms with E-state index in [0.29, 0.717) is 50.0 Å². The van der Waals surface area contributed by atoms with Crippen molar-refractivity contribution in [3.8, 4) is 11.5 Å². The molecule has 1 aliphatic heterocycles.